The van der Waals surface area contributed by atoms with Crippen molar-refractivity contribution in [2.24, 2.45) is 0 Å². The number of anilines is 1. The minimum absolute atomic E-state index is 0.0787. The van der Waals surface area contributed by atoms with E-state index in [1.807, 2.05) is 6.92 Å². The highest BCUT2D eigenvalue weighted by atomic mass is 32.2. The Morgan fingerprint density at radius 2 is 1.75 bits per heavy atom. The van der Waals surface area contributed by atoms with Gasteiger partial charge in [-0.05, 0) is 42.3 Å². The Hall–Kier alpha value is -2.01. The van der Waals surface area contributed by atoms with E-state index in [1.165, 1.54) is 0 Å². The maximum Gasteiger partial charge on any atom is 0.184 e. The number of nitrogens with two attached hydrogens (primary N) is 1. The number of hydrogen-bond donors (Lipinski definition) is 1. The van der Waals surface area contributed by atoms with Gasteiger partial charge in [0.25, 0.3) is 0 Å². The molecule has 0 saturated carbocycles. The van der Waals surface area contributed by atoms with E-state index in [1.54, 1.807) is 49.6 Å². The third-order valence-corrected chi connectivity index (χ3v) is 4.76. The van der Waals surface area contributed by atoms with Crippen molar-refractivity contribution in [2.45, 2.75) is 17.6 Å². The van der Waals surface area contributed by atoms with E-state index in [-0.39, 0.29) is 16.3 Å². The number of rotatable bonds is 4. The molecule has 0 aliphatic rings. The first kappa shape index (κ1) is 14.4. The molecule has 20 heavy (non-hydrogen) atoms. The molecule has 4 nitrogen and oxygen atoms in total. The van der Waals surface area contributed by atoms with Gasteiger partial charge in [0.1, 0.15) is 5.75 Å². The molecule has 0 atom stereocenters. The molecule has 2 aromatic carbocycles. The van der Waals surface area contributed by atoms with E-state index in [4.69, 9.17) is 10.5 Å². The Morgan fingerprint density at radius 1 is 1.10 bits per heavy atom. The van der Waals surface area contributed by atoms with Crippen LogP contribution in [-0.2, 0) is 15.6 Å². The minimum Gasteiger partial charge on any atom is -0.497 e. The van der Waals surface area contributed by atoms with E-state index in [0.717, 1.165) is 5.56 Å². The maximum atomic E-state index is 12.4. The molecule has 0 unspecified atom stereocenters. The van der Waals surface area contributed by atoms with Gasteiger partial charge in [-0.2, -0.15) is 0 Å². The summed E-state index contributed by atoms with van der Waals surface area (Å²) in [6, 6.07) is 12.0. The van der Waals surface area contributed by atoms with Crippen molar-refractivity contribution < 1.29 is 13.2 Å². The van der Waals surface area contributed by atoms with Crippen molar-refractivity contribution in [1.82, 2.24) is 0 Å². The highest BCUT2D eigenvalue weighted by Gasteiger charge is 2.18. The number of nitrogen functional groups attached to an aromatic ring is 1. The van der Waals surface area contributed by atoms with Crippen LogP contribution >= 0.6 is 0 Å². The lowest BCUT2D eigenvalue weighted by molar-refractivity contribution is 0.414. The second kappa shape index (κ2) is 5.54. The third kappa shape index (κ3) is 3.11. The van der Waals surface area contributed by atoms with Crippen LogP contribution < -0.4 is 10.5 Å². The maximum absolute atomic E-state index is 12.4. The first-order chi connectivity index (χ1) is 9.42. The predicted molar refractivity (Wildman–Crippen MR) is 79.5 cm³/mol. The fourth-order valence-electron chi connectivity index (χ4n) is 1.93. The summed E-state index contributed by atoms with van der Waals surface area (Å²) in [5.41, 5.74) is 7.63. The fraction of sp³-hybridized carbons (Fsp3) is 0.200. The third-order valence-electron chi connectivity index (χ3n) is 3.02. The van der Waals surface area contributed by atoms with Crippen molar-refractivity contribution in [1.29, 1.82) is 0 Å². The monoisotopic (exact) mass is 291 g/mol. The quantitative estimate of drug-likeness (QED) is 0.879. The zero-order valence-corrected chi connectivity index (χ0v) is 12.3. The molecule has 0 amide bonds. The Morgan fingerprint density at radius 3 is 2.35 bits per heavy atom. The van der Waals surface area contributed by atoms with Crippen molar-refractivity contribution >= 4 is 15.5 Å². The van der Waals surface area contributed by atoms with Gasteiger partial charge in [-0.3, -0.25) is 0 Å². The van der Waals surface area contributed by atoms with Crippen molar-refractivity contribution in [3.63, 3.8) is 0 Å². The van der Waals surface area contributed by atoms with E-state index >= 15 is 0 Å². The molecule has 106 valence electrons. The van der Waals surface area contributed by atoms with Gasteiger partial charge in [-0.25, -0.2) is 8.42 Å². The molecule has 0 aliphatic carbocycles. The number of aryl methyl sites for hydroxylation is 1. The molecule has 0 saturated heterocycles. The van der Waals surface area contributed by atoms with Gasteiger partial charge >= 0.3 is 0 Å². The van der Waals surface area contributed by atoms with Crippen LogP contribution in [0.1, 0.15) is 11.1 Å². The van der Waals surface area contributed by atoms with Gasteiger partial charge in [0.15, 0.2) is 9.84 Å². The second-order valence-corrected chi connectivity index (χ2v) is 6.61. The summed E-state index contributed by atoms with van der Waals surface area (Å²) in [5, 5.41) is 0. The summed E-state index contributed by atoms with van der Waals surface area (Å²) >= 11 is 0. The summed E-state index contributed by atoms with van der Waals surface area (Å²) in [5.74, 6) is 0.617. The largest absolute Gasteiger partial charge is 0.497 e. The van der Waals surface area contributed by atoms with E-state index < -0.39 is 9.84 Å². The number of methoxy groups -OCH3 is 1. The topological polar surface area (TPSA) is 69.4 Å². The van der Waals surface area contributed by atoms with Crippen molar-refractivity contribution in [2.75, 3.05) is 12.8 Å². The van der Waals surface area contributed by atoms with Crippen molar-refractivity contribution in [3.05, 3.63) is 53.6 Å². The first-order valence-electron chi connectivity index (χ1n) is 6.14. The van der Waals surface area contributed by atoms with Gasteiger partial charge in [0.2, 0.25) is 0 Å². The molecule has 5 heteroatoms. The molecule has 0 spiro atoms. The number of hydrogen-bond acceptors (Lipinski definition) is 4. The molecule has 0 heterocycles. The van der Waals surface area contributed by atoms with Gasteiger partial charge in [-0.15, -0.1) is 0 Å². The van der Waals surface area contributed by atoms with Crippen LogP contribution in [0.3, 0.4) is 0 Å². The van der Waals surface area contributed by atoms with E-state index in [0.29, 0.717) is 11.3 Å². The summed E-state index contributed by atoms with van der Waals surface area (Å²) in [4.78, 5) is 0.188. The standard InChI is InChI=1S/C15H17NO3S/c1-11-3-8-14(16)15(9-11)20(17,18)10-12-4-6-13(19-2)7-5-12/h3-9H,10,16H2,1-2H3. The van der Waals surface area contributed by atoms with Crippen LogP contribution in [0.5, 0.6) is 5.75 Å². The zero-order chi connectivity index (χ0) is 14.8. The molecular weight excluding hydrogens is 274 g/mol. The first-order valence-corrected chi connectivity index (χ1v) is 7.79. The lowest BCUT2D eigenvalue weighted by Gasteiger charge is -2.09. The summed E-state index contributed by atoms with van der Waals surface area (Å²) in [6.45, 7) is 1.84. The summed E-state index contributed by atoms with van der Waals surface area (Å²) in [6.07, 6.45) is 0. The SMILES string of the molecule is COc1ccc(CS(=O)(=O)c2cc(C)ccc2N)cc1. The molecule has 0 fully saturated rings. The molecular formula is C15H17NO3S. The van der Waals surface area contributed by atoms with Crippen LogP contribution in [-0.4, -0.2) is 15.5 Å². The molecule has 2 N–H and O–H groups in total. The normalized spacial score (nSPS) is 11.3. The highest BCUT2D eigenvalue weighted by molar-refractivity contribution is 7.90. The average molecular weight is 291 g/mol. The lowest BCUT2D eigenvalue weighted by Crippen LogP contribution is -2.08. The minimum atomic E-state index is -3.45. The smallest absolute Gasteiger partial charge is 0.184 e. The zero-order valence-electron chi connectivity index (χ0n) is 11.5. The Kier molecular flexibility index (Phi) is 3.99. The molecule has 0 aliphatic heterocycles. The van der Waals surface area contributed by atoms with Gasteiger partial charge in [0, 0.05) is 0 Å². The molecule has 0 bridgehead atoms. The predicted octanol–water partition coefficient (Wildman–Crippen LogP) is 2.56. The second-order valence-electron chi connectivity index (χ2n) is 4.65. The molecule has 0 radical (unpaired) electrons. The Balaban J connectivity index is 2.32. The van der Waals surface area contributed by atoms with Gasteiger partial charge in [0.05, 0.1) is 23.4 Å². The Labute approximate surface area is 119 Å². The molecule has 2 aromatic rings. The average Bonchev–Trinajstić information content (AvgIpc) is 2.42. The van der Waals surface area contributed by atoms with E-state index in [2.05, 4.69) is 0 Å². The van der Waals surface area contributed by atoms with Crippen LogP contribution in [0, 0.1) is 6.92 Å². The molecule has 0 aromatic heterocycles. The fourth-order valence-corrected chi connectivity index (χ4v) is 3.51. The van der Waals surface area contributed by atoms with Crippen LogP contribution in [0.25, 0.3) is 0 Å². The Bertz CT molecular complexity index is 706. The van der Waals surface area contributed by atoms with Gasteiger partial charge in [-0.1, -0.05) is 18.2 Å². The summed E-state index contributed by atoms with van der Waals surface area (Å²) < 4.78 is 29.9. The summed E-state index contributed by atoms with van der Waals surface area (Å²) in [7, 11) is -1.88. The number of sulfone groups is 1. The molecule has 2 rings (SSSR count). The van der Waals surface area contributed by atoms with Gasteiger partial charge < -0.3 is 10.5 Å². The van der Waals surface area contributed by atoms with Crippen LogP contribution in [0.4, 0.5) is 5.69 Å². The van der Waals surface area contributed by atoms with Crippen LogP contribution in [0.2, 0.25) is 0 Å². The highest BCUT2D eigenvalue weighted by Crippen LogP contribution is 2.24. The number of benzene rings is 2. The van der Waals surface area contributed by atoms with E-state index in [9.17, 15) is 8.42 Å². The van der Waals surface area contributed by atoms with Crippen LogP contribution in [0.15, 0.2) is 47.4 Å². The lowest BCUT2D eigenvalue weighted by atomic mass is 10.2. The van der Waals surface area contributed by atoms with Crippen molar-refractivity contribution in [3.8, 4) is 5.75 Å². The number of ether oxygens (including phenoxy) is 1.